The number of amides is 1. The molecular formula is C23H23FN4O2. The lowest BCUT2D eigenvalue weighted by Crippen LogP contribution is -2.26. The van der Waals surface area contributed by atoms with Crippen LogP contribution in [0.25, 0.3) is 22.0 Å². The van der Waals surface area contributed by atoms with Crippen molar-refractivity contribution in [3.8, 4) is 11.1 Å². The van der Waals surface area contributed by atoms with Gasteiger partial charge in [0.25, 0.3) is 11.5 Å². The van der Waals surface area contributed by atoms with Crippen molar-refractivity contribution in [3.63, 3.8) is 0 Å². The van der Waals surface area contributed by atoms with Gasteiger partial charge in [-0.05, 0) is 47.9 Å². The van der Waals surface area contributed by atoms with E-state index in [0.717, 1.165) is 24.8 Å². The fourth-order valence-corrected chi connectivity index (χ4v) is 3.99. The van der Waals surface area contributed by atoms with Crippen LogP contribution in [0.4, 0.5) is 10.1 Å². The zero-order valence-electron chi connectivity index (χ0n) is 16.9. The average molecular weight is 406 g/mol. The van der Waals surface area contributed by atoms with E-state index in [2.05, 4.69) is 15.3 Å². The van der Waals surface area contributed by atoms with Gasteiger partial charge >= 0.3 is 0 Å². The van der Waals surface area contributed by atoms with Crippen LogP contribution in [0.2, 0.25) is 0 Å². The normalized spacial score (nSPS) is 14.2. The standard InChI is InChI=1S/C23H23FN4O2/c1-26-11-14-9-16(18(24)10-19(14)25)20-15(12-4-3-5-12)7-6-13-8-17(22(29)27-2)23(30)28-21(13)20/h6-12H,3-5,25H2,1-2H3,(H,27,29)(H,28,30). The first-order valence-electron chi connectivity index (χ1n) is 9.88. The van der Waals surface area contributed by atoms with Crippen LogP contribution in [-0.2, 0) is 0 Å². The van der Waals surface area contributed by atoms with E-state index in [0.29, 0.717) is 39.2 Å². The molecule has 0 unspecified atom stereocenters. The number of benzene rings is 2. The molecule has 6 nitrogen and oxygen atoms in total. The Morgan fingerprint density at radius 1 is 1.30 bits per heavy atom. The number of carbonyl (C=O) groups excluding carboxylic acids is 1. The number of H-pyrrole nitrogens is 1. The Morgan fingerprint density at radius 2 is 2.07 bits per heavy atom. The minimum absolute atomic E-state index is 0.0175. The van der Waals surface area contributed by atoms with Gasteiger partial charge in [-0.15, -0.1) is 0 Å². The Hall–Kier alpha value is -3.48. The highest BCUT2D eigenvalue weighted by Crippen LogP contribution is 2.44. The molecule has 0 bridgehead atoms. The highest BCUT2D eigenvalue weighted by atomic mass is 19.1. The third kappa shape index (κ3) is 3.26. The number of hydrogen-bond donors (Lipinski definition) is 3. The monoisotopic (exact) mass is 406 g/mol. The van der Waals surface area contributed by atoms with E-state index < -0.39 is 17.3 Å². The highest BCUT2D eigenvalue weighted by molar-refractivity contribution is 6.02. The number of rotatable bonds is 4. The van der Waals surface area contributed by atoms with E-state index in [-0.39, 0.29) is 5.56 Å². The van der Waals surface area contributed by atoms with Gasteiger partial charge in [-0.1, -0.05) is 18.6 Å². The van der Waals surface area contributed by atoms with Crippen LogP contribution in [0.3, 0.4) is 0 Å². The first-order valence-corrected chi connectivity index (χ1v) is 9.88. The van der Waals surface area contributed by atoms with Crippen molar-refractivity contribution in [1.29, 1.82) is 0 Å². The number of pyridine rings is 1. The third-order valence-corrected chi connectivity index (χ3v) is 5.78. The molecule has 154 valence electrons. The molecule has 30 heavy (non-hydrogen) atoms. The molecule has 4 rings (SSSR count). The highest BCUT2D eigenvalue weighted by Gasteiger charge is 2.26. The maximum Gasteiger partial charge on any atom is 0.261 e. The van der Waals surface area contributed by atoms with Crippen LogP contribution in [0.15, 0.2) is 40.1 Å². The molecule has 1 aliphatic carbocycles. The van der Waals surface area contributed by atoms with E-state index in [9.17, 15) is 9.59 Å². The maximum atomic E-state index is 15.1. The van der Waals surface area contributed by atoms with Crippen LogP contribution in [0, 0.1) is 5.82 Å². The van der Waals surface area contributed by atoms with Gasteiger partial charge in [0, 0.05) is 42.7 Å². The number of aliphatic imine (C=N–C) groups is 1. The smallest absolute Gasteiger partial charge is 0.261 e. The molecule has 0 spiro atoms. The Bertz CT molecular complexity index is 1240. The second-order valence-electron chi connectivity index (χ2n) is 7.56. The van der Waals surface area contributed by atoms with Gasteiger partial charge in [-0.25, -0.2) is 4.39 Å². The van der Waals surface area contributed by atoms with E-state index in [1.54, 1.807) is 25.4 Å². The van der Waals surface area contributed by atoms with Crippen LogP contribution in [0.5, 0.6) is 0 Å². The summed E-state index contributed by atoms with van der Waals surface area (Å²) in [4.78, 5) is 31.5. The van der Waals surface area contributed by atoms with E-state index in [1.807, 2.05) is 12.1 Å². The van der Waals surface area contributed by atoms with Gasteiger partial charge in [-0.2, -0.15) is 0 Å². The number of nitrogens with one attached hydrogen (secondary N) is 2. The molecule has 7 heteroatoms. The third-order valence-electron chi connectivity index (χ3n) is 5.78. The summed E-state index contributed by atoms with van der Waals surface area (Å²) in [7, 11) is 3.09. The molecule has 3 aromatic rings. The van der Waals surface area contributed by atoms with Crippen molar-refractivity contribution in [2.24, 2.45) is 4.99 Å². The fraction of sp³-hybridized carbons (Fsp3) is 0.261. The number of carbonyl (C=O) groups is 1. The fourth-order valence-electron chi connectivity index (χ4n) is 3.99. The number of fused-ring (bicyclic) bond motifs is 1. The number of nitrogens with zero attached hydrogens (tertiary/aromatic N) is 1. The molecule has 2 aromatic carbocycles. The number of halogens is 1. The predicted octanol–water partition coefficient (Wildman–Crippen LogP) is 3.59. The molecule has 1 aliphatic rings. The minimum atomic E-state index is -0.514. The lowest BCUT2D eigenvalue weighted by molar-refractivity contribution is 0.0962. The maximum absolute atomic E-state index is 15.1. The summed E-state index contributed by atoms with van der Waals surface area (Å²) < 4.78 is 15.1. The molecule has 0 atom stereocenters. The van der Waals surface area contributed by atoms with Gasteiger partial charge in [-0.3, -0.25) is 14.6 Å². The van der Waals surface area contributed by atoms with E-state index in [1.165, 1.54) is 13.1 Å². The quantitative estimate of drug-likeness (QED) is 0.456. The second-order valence-corrected chi connectivity index (χ2v) is 7.56. The predicted molar refractivity (Wildman–Crippen MR) is 118 cm³/mol. The summed E-state index contributed by atoms with van der Waals surface area (Å²) >= 11 is 0. The summed E-state index contributed by atoms with van der Waals surface area (Å²) in [6, 6.07) is 8.34. The van der Waals surface area contributed by atoms with Crippen molar-refractivity contribution in [2.75, 3.05) is 19.8 Å². The Labute approximate surface area is 173 Å². The molecule has 0 radical (unpaired) electrons. The van der Waals surface area contributed by atoms with Gasteiger partial charge < -0.3 is 16.0 Å². The number of anilines is 1. The molecule has 1 aromatic heterocycles. The Morgan fingerprint density at radius 3 is 2.70 bits per heavy atom. The van der Waals surface area contributed by atoms with Gasteiger partial charge in [0.15, 0.2) is 0 Å². The number of aromatic amines is 1. The summed E-state index contributed by atoms with van der Waals surface area (Å²) in [5.74, 6) is -0.639. The summed E-state index contributed by atoms with van der Waals surface area (Å²) in [5, 5.41) is 3.13. The number of aromatic nitrogens is 1. The van der Waals surface area contributed by atoms with Crippen LogP contribution < -0.4 is 16.6 Å². The van der Waals surface area contributed by atoms with Crippen molar-refractivity contribution < 1.29 is 9.18 Å². The van der Waals surface area contributed by atoms with Crippen LogP contribution in [-0.4, -0.2) is 31.2 Å². The molecular weight excluding hydrogens is 383 g/mol. The number of nitrogen functional groups attached to an aromatic ring is 1. The van der Waals surface area contributed by atoms with E-state index in [4.69, 9.17) is 5.73 Å². The van der Waals surface area contributed by atoms with Crippen LogP contribution >= 0.6 is 0 Å². The van der Waals surface area contributed by atoms with Crippen molar-refractivity contribution in [2.45, 2.75) is 25.2 Å². The van der Waals surface area contributed by atoms with E-state index >= 15 is 4.39 Å². The topological polar surface area (TPSA) is 100 Å². The summed E-state index contributed by atoms with van der Waals surface area (Å²) in [6.45, 7) is 0. The molecule has 0 aliphatic heterocycles. The second kappa shape index (κ2) is 7.74. The molecule has 1 saturated carbocycles. The molecule has 1 fully saturated rings. The van der Waals surface area contributed by atoms with Crippen molar-refractivity contribution >= 4 is 28.7 Å². The van der Waals surface area contributed by atoms with Gasteiger partial charge in [0.2, 0.25) is 0 Å². The zero-order chi connectivity index (χ0) is 21.4. The Kier molecular flexibility index (Phi) is 5.11. The lowest BCUT2D eigenvalue weighted by atomic mass is 9.76. The molecule has 4 N–H and O–H groups in total. The largest absolute Gasteiger partial charge is 0.398 e. The minimum Gasteiger partial charge on any atom is -0.398 e. The average Bonchev–Trinajstić information content (AvgIpc) is 2.68. The van der Waals surface area contributed by atoms with Gasteiger partial charge in [0.05, 0.1) is 5.52 Å². The molecule has 1 heterocycles. The molecule has 1 amide bonds. The zero-order valence-corrected chi connectivity index (χ0v) is 16.9. The Balaban J connectivity index is 2.06. The summed E-state index contributed by atoms with van der Waals surface area (Å²) in [5.41, 5.74) is 8.86. The van der Waals surface area contributed by atoms with Crippen molar-refractivity contribution in [3.05, 3.63) is 63.2 Å². The lowest BCUT2D eigenvalue weighted by Gasteiger charge is -2.29. The number of nitrogens with two attached hydrogens (primary N) is 1. The van der Waals surface area contributed by atoms with Gasteiger partial charge in [0.1, 0.15) is 11.4 Å². The first-order chi connectivity index (χ1) is 14.4. The first kappa shape index (κ1) is 19.8. The number of hydrogen-bond acceptors (Lipinski definition) is 4. The molecule has 0 saturated heterocycles. The van der Waals surface area contributed by atoms with Crippen LogP contribution in [0.1, 0.15) is 46.7 Å². The van der Waals surface area contributed by atoms with Crippen molar-refractivity contribution in [1.82, 2.24) is 10.3 Å². The SMILES string of the molecule is CN=Cc1cc(-c2c(C3CCC3)ccc3cc(C(=O)NC)c(=O)[nH]c23)c(F)cc1N. The summed E-state index contributed by atoms with van der Waals surface area (Å²) in [6.07, 6.45) is 4.73.